The molecule has 0 fully saturated rings. The van der Waals surface area contributed by atoms with Crippen LogP contribution in [0.15, 0.2) is 16.6 Å². The monoisotopic (exact) mass is 268 g/mol. The molecule has 0 amide bonds. The van der Waals surface area contributed by atoms with Crippen LogP contribution in [0.4, 0.5) is 8.78 Å². The number of rotatable bonds is 2. The molecule has 0 saturated heterocycles. The summed E-state index contributed by atoms with van der Waals surface area (Å²) in [5.41, 5.74) is 0.213. The van der Waals surface area contributed by atoms with Gasteiger partial charge in [0.15, 0.2) is 0 Å². The van der Waals surface area contributed by atoms with Crippen LogP contribution in [0.1, 0.15) is 24.3 Å². The lowest BCUT2D eigenvalue weighted by Gasteiger charge is -2.08. The molecule has 0 spiro atoms. The summed E-state index contributed by atoms with van der Waals surface area (Å²) >= 11 is 8.69. The lowest BCUT2D eigenvalue weighted by atomic mass is 10.1. The lowest BCUT2D eigenvalue weighted by molar-refractivity contribution is 0.576. The zero-order valence-corrected chi connectivity index (χ0v) is 9.29. The molecular weight excluding hydrogens is 261 g/mol. The second-order valence-corrected chi connectivity index (χ2v) is 4.04. The predicted molar refractivity (Wildman–Crippen MR) is 52.9 cm³/mol. The van der Waals surface area contributed by atoms with E-state index in [-0.39, 0.29) is 10.0 Å². The summed E-state index contributed by atoms with van der Waals surface area (Å²) in [5.74, 6) is -0.967. The minimum absolute atomic E-state index is 0.119. The normalized spacial score (nSPS) is 13.0. The Hall–Kier alpha value is -0.150. The van der Waals surface area contributed by atoms with Crippen LogP contribution in [0.5, 0.6) is 0 Å². The SMILES string of the molecule is CCC(Cl)c1cc(F)c(Br)cc1F. The topological polar surface area (TPSA) is 0 Å². The maximum Gasteiger partial charge on any atom is 0.137 e. The minimum Gasteiger partial charge on any atom is -0.207 e. The molecule has 0 nitrogen and oxygen atoms in total. The summed E-state index contributed by atoms with van der Waals surface area (Å²) in [6.45, 7) is 1.82. The average molecular weight is 270 g/mol. The first-order valence-corrected chi connectivity index (χ1v) is 5.07. The maximum atomic E-state index is 13.2. The van der Waals surface area contributed by atoms with Crippen molar-refractivity contribution in [3.8, 4) is 0 Å². The van der Waals surface area contributed by atoms with Crippen LogP contribution in [-0.4, -0.2) is 0 Å². The van der Waals surface area contributed by atoms with Crippen molar-refractivity contribution in [2.45, 2.75) is 18.7 Å². The first-order valence-electron chi connectivity index (χ1n) is 3.84. The summed E-state index contributed by atoms with van der Waals surface area (Å²) in [6.07, 6.45) is 0.569. The molecule has 1 unspecified atom stereocenters. The molecule has 4 heteroatoms. The van der Waals surface area contributed by atoms with Gasteiger partial charge in [-0.2, -0.15) is 0 Å². The quantitative estimate of drug-likeness (QED) is 0.551. The van der Waals surface area contributed by atoms with Crippen LogP contribution in [0, 0.1) is 11.6 Å². The molecule has 0 N–H and O–H groups in total. The number of hydrogen-bond acceptors (Lipinski definition) is 0. The largest absolute Gasteiger partial charge is 0.207 e. The Morgan fingerprint density at radius 2 is 2.00 bits per heavy atom. The van der Waals surface area contributed by atoms with E-state index in [2.05, 4.69) is 15.9 Å². The zero-order valence-electron chi connectivity index (χ0n) is 6.95. The fourth-order valence-electron chi connectivity index (χ4n) is 0.998. The molecule has 0 aliphatic carbocycles. The third-order valence-corrected chi connectivity index (χ3v) is 2.89. The smallest absolute Gasteiger partial charge is 0.137 e. The summed E-state index contributed by atoms with van der Waals surface area (Å²) in [6, 6.07) is 2.22. The summed E-state index contributed by atoms with van der Waals surface area (Å²) in [7, 11) is 0. The van der Waals surface area contributed by atoms with Crippen LogP contribution in [0.2, 0.25) is 0 Å². The van der Waals surface area contributed by atoms with Gasteiger partial charge in [0.2, 0.25) is 0 Å². The van der Waals surface area contributed by atoms with Gasteiger partial charge in [-0.05, 0) is 34.5 Å². The van der Waals surface area contributed by atoms with E-state index < -0.39 is 17.0 Å². The zero-order chi connectivity index (χ0) is 10.0. The van der Waals surface area contributed by atoms with E-state index in [1.807, 2.05) is 6.92 Å². The van der Waals surface area contributed by atoms with Gasteiger partial charge in [-0.25, -0.2) is 8.78 Å². The molecule has 1 aromatic carbocycles. The molecule has 1 aromatic rings. The molecule has 0 aliphatic heterocycles. The molecule has 0 saturated carbocycles. The number of halogens is 4. The highest BCUT2D eigenvalue weighted by atomic mass is 79.9. The van der Waals surface area contributed by atoms with Crippen LogP contribution < -0.4 is 0 Å². The Morgan fingerprint density at radius 1 is 1.38 bits per heavy atom. The Balaban J connectivity index is 3.15. The molecular formula is C9H8BrClF2. The summed E-state index contributed by atoms with van der Waals surface area (Å²) < 4.78 is 26.3. The summed E-state index contributed by atoms with van der Waals surface area (Å²) in [4.78, 5) is 0. The molecule has 13 heavy (non-hydrogen) atoms. The fraction of sp³-hybridized carbons (Fsp3) is 0.333. The molecule has 1 rings (SSSR count). The van der Waals surface area contributed by atoms with Gasteiger partial charge < -0.3 is 0 Å². The van der Waals surface area contributed by atoms with Crippen molar-refractivity contribution >= 4 is 27.5 Å². The average Bonchev–Trinajstić information content (AvgIpc) is 2.10. The van der Waals surface area contributed by atoms with E-state index in [9.17, 15) is 8.78 Å². The van der Waals surface area contributed by atoms with Crippen molar-refractivity contribution in [3.05, 3.63) is 33.8 Å². The van der Waals surface area contributed by atoms with Gasteiger partial charge in [-0.3, -0.25) is 0 Å². The van der Waals surface area contributed by atoms with Crippen LogP contribution in [-0.2, 0) is 0 Å². The van der Waals surface area contributed by atoms with Gasteiger partial charge >= 0.3 is 0 Å². The molecule has 1 atom stereocenters. The standard InChI is InChI=1S/C9H8BrClF2/c1-2-7(11)5-3-9(13)6(10)4-8(5)12/h3-4,7H,2H2,1H3. The van der Waals surface area contributed by atoms with Crippen LogP contribution >= 0.6 is 27.5 Å². The first kappa shape index (κ1) is 10.9. The second-order valence-electron chi connectivity index (χ2n) is 2.66. The van der Waals surface area contributed by atoms with Crippen molar-refractivity contribution in [3.63, 3.8) is 0 Å². The van der Waals surface area contributed by atoms with E-state index in [0.717, 1.165) is 12.1 Å². The Morgan fingerprint density at radius 3 is 2.54 bits per heavy atom. The number of alkyl halides is 1. The number of hydrogen-bond donors (Lipinski definition) is 0. The van der Waals surface area contributed by atoms with Gasteiger partial charge in [0.25, 0.3) is 0 Å². The van der Waals surface area contributed by atoms with Crippen molar-refractivity contribution in [2.24, 2.45) is 0 Å². The summed E-state index contributed by atoms with van der Waals surface area (Å²) in [5, 5.41) is -0.470. The molecule has 0 heterocycles. The van der Waals surface area contributed by atoms with Gasteiger partial charge in [-0.1, -0.05) is 6.92 Å². The highest BCUT2D eigenvalue weighted by Gasteiger charge is 2.14. The Labute approximate surface area is 89.0 Å². The molecule has 72 valence electrons. The maximum absolute atomic E-state index is 13.2. The van der Waals surface area contributed by atoms with E-state index in [4.69, 9.17) is 11.6 Å². The van der Waals surface area contributed by atoms with E-state index in [0.29, 0.717) is 6.42 Å². The fourth-order valence-corrected chi connectivity index (χ4v) is 1.48. The van der Waals surface area contributed by atoms with Gasteiger partial charge in [0.1, 0.15) is 11.6 Å². The Bertz CT molecular complexity index is 315. The lowest BCUT2D eigenvalue weighted by Crippen LogP contribution is -1.95. The van der Waals surface area contributed by atoms with Gasteiger partial charge in [0.05, 0.1) is 9.85 Å². The highest BCUT2D eigenvalue weighted by Crippen LogP contribution is 2.29. The molecule has 0 bridgehead atoms. The van der Waals surface area contributed by atoms with E-state index in [1.165, 1.54) is 0 Å². The van der Waals surface area contributed by atoms with E-state index in [1.54, 1.807) is 0 Å². The van der Waals surface area contributed by atoms with E-state index >= 15 is 0 Å². The van der Waals surface area contributed by atoms with Crippen LogP contribution in [0.25, 0.3) is 0 Å². The van der Waals surface area contributed by atoms with Crippen molar-refractivity contribution in [1.82, 2.24) is 0 Å². The van der Waals surface area contributed by atoms with Crippen molar-refractivity contribution < 1.29 is 8.78 Å². The molecule has 0 aromatic heterocycles. The minimum atomic E-state index is -0.490. The number of benzene rings is 1. The third kappa shape index (κ3) is 2.41. The van der Waals surface area contributed by atoms with Crippen LogP contribution in [0.3, 0.4) is 0 Å². The highest BCUT2D eigenvalue weighted by molar-refractivity contribution is 9.10. The predicted octanol–water partition coefficient (Wildman–Crippen LogP) is 4.42. The third-order valence-electron chi connectivity index (χ3n) is 1.74. The second kappa shape index (κ2) is 4.38. The van der Waals surface area contributed by atoms with Gasteiger partial charge in [0, 0.05) is 5.56 Å². The Kier molecular flexibility index (Phi) is 3.68. The van der Waals surface area contributed by atoms with Crippen molar-refractivity contribution in [2.75, 3.05) is 0 Å². The molecule has 0 aliphatic rings. The molecule has 0 radical (unpaired) electrons. The van der Waals surface area contributed by atoms with Crippen molar-refractivity contribution in [1.29, 1.82) is 0 Å². The first-order chi connectivity index (χ1) is 6.06. The van der Waals surface area contributed by atoms with Gasteiger partial charge in [-0.15, -0.1) is 11.6 Å².